The first kappa shape index (κ1) is 14.3. The van der Waals surface area contributed by atoms with Gasteiger partial charge in [0, 0.05) is 24.4 Å². The van der Waals surface area contributed by atoms with Crippen LogP contribution in [0.25, 0.3) is 11.0 Å². The summed E-state index contributed by atoms with van der Waals surface area (Å²) in [6, 6.07) is 3.78. The number of fused-ring (bicyclic) bond motifs is 1. The Morgan fingerprint density at radius 3 is 2.90 bits per heavy atom. The largest absolute Gasteiger partial charge is 0.325 e. The predicted molar refractivity (Wildman–Crippen MR) is 83.9 cm³/mol. The average Bonchev–Trinajstić information content (AvgIpc) is 2.94. The Hall–Kier alpha value is -0.610. The maximum atomic E-state index is 13.9. The van der Waals surface area contributed by atoms with Gasteiger partial charge in [-0.05, 0) is 47.2 Å². The van der Waals surface area contributed by atoms with Gasteiger partial charge in [0.1, 0.15) is 11.6 Å². The van der Waals surface area contributed by atoms with Crippen molar-refractivity contribution in [1.82, 2.24) is 9.55 Å². The van der Waals surface area contributed by atoms with Crippen molar-refractivity contribution < 1.29 is 4.39 Å². The van der Waals surface area contributed by atoms with E-state index in [0.717, 1.165) is 42.0 Å². The van der Waals surface area contributed by atoms with Gasteiger partial charge in [-0.3, -0.25) is 0 Å². The minimum Gasteiger partial charge on any atom is -0.325 e. The molecule has 1 fully saturated rings. The molecule has 1 saturated carbocycles. The molecule has 5 heteroatoms. The molecule has 0 amide bonds. The number of imidazole rings is 1. The normalized spacial score (nSPS) is 22.8. The second kappa shape index (κ2) is 5.64. The van der Waals surface area contributed by atoms with Crippen molar-refractivity contribution in [2.45, 2.75) is 38.6 Å². The highest BCUT2D eigenvalue weighted by Gasteiger charge is 2.26. The Balaban J connectivity index is 2.15. The minimum atomic E-state index is -0.234. The van der Waals surface area contributed by atoms with E-state index in [1.54, 1.807) is 12.1 Å². The van der Waals surface area contributed by atoms with Crippen LogP contribution >= 0.6 is 27.5 Å². The lowest BCUT2D eigenvalue weighted by Gasteiger charge is -2.16. The Kier molecular flexibility index (Phi) is 4.04. The summed E-state index contributed by atoms with van der Waals surface area (Å²) in [6.07, 6.45) is 4.22. The van der Waals surface area contributed by atoms with Crippen LogP contribution in [0.2, 0.25) is 0 Å². The number of aryl methyl sites for hydroxylation is 1. The van der Waals surface area contributed by atoms with Gasteiger partial charge in [-0.2, -0.15) is 0 Å². The lowest BCUT2D eigenvalue weighted by molar-refractivity contribution is 0.489. The van der Waals surface area contributed by atoms with Gasteiger partial charge in [-0.25, -0.2) is 9.37 Å². The summed E-state index contributed by atoms with van der Waals surface area (Å²) < 4.78 is 16.6. The van der Waals surface area contributed by atoms with Crippen molar-refractivity contribution in [3.63, 3.8) is 0 Å². The van der Waals surface area contributed by atoms with Crippen molar-refractivity contribution in [1.29, 1.82) is 0 Å². The monoisotopic (exact) mass is 358 g/mol. The van der Waals surface area contributed by atoms with Crippen LogP contribution in [0, 0.1) is 11.7 Å². The Labute approximate surface area is 131 Å². The van der Waals surface area contributed by atoms with Crippen LogP contribution in [0.3, 0.4) is 0 Å². The SMILES string of the molecule is CC1CCC(n2c(CCCl)nc3cc(Br)c(F)cc32)C1. The molecule has 2 atom stereocenters. The third-order valence-electron chi connectivity index (χ3n) is 4.15. The molecule has 1 aliphatic rings. The van der Waals surface area contributed by atoms with E-state index in [1.165, 1.54) is 6.42 Å². The van der Waals surface area contributed by atoms with E-state index in [2.05, 4.69) is 32.4 Å². The number of hydrogen-bond acceptors (Lipinski definition) is 1. The number of halogens is 3. The van der Waals surface area contributed by atoms with Gasteiger partial charge >= 0.3 is 0 Å². The molecule has 0 radical (unpaired) electrons. The van der Waals surface area contributed by atoms with Crippen LogP contribution in [0.15, 0.2) is 16.6 Å². The summed E-state index contributed by atoms with van der Waals surface area (Å²) >= 11 is 9.13. The van der Waals surface area contributed by atoms with Gasteiger partial charge < -0.3 is 4.57 Å². The molecule has 1 aromatic carbocycles. The third kappa shape index (κ3) is 2.48. The topological polar surface area (TPSA) is 17.8 Å². The zero-order chi connectivity index (χ0) is 14.3. The van der Waals surface area contributed by atoms with Crippen molar-refractivity contribution in [2.24, 2.45) is 5.92 Å². The molecule has 2 nitrogen and oxygen atoms in total. The molecular formula is C15H17BrClFN2. The number of rotatable bonds is 3. The molecule has 0 bridgehead atoms. The van der Waals surface area contributed by atoms with E-state index < -0.39 is 0 Å². The van der Waals surface area contributed by atoms with E-state index >= 15 is 0 Å². The van der Waals surface area contributed by atoms with Crippen LogP contribution in [0.5, 0.6) is 0 Å². The first-order chi connectivity index (χ1) is 9.60. The molecule has 2 aromatic rings. The number of hydrogen-bond donors (Lipinski definition) is 0. The lowest BCUT2D eigenvalue weighted by Crippen LogP contribution is -2.10. The fourth-order valence-electron chi connectivity index (χ4n) is 3.22. The average molecular weight is 360 g/mol. The smallest absolute Gasteiger partial charge is 0.139 e. The maximum absolute atomic E-state index is 13.9. The molecule has 108 valence electrons. The van der Waals surface area contributed by atoms with Crippen molar-refractivity contribution in [3.05, 3.63) is 28.2 Å². The Morgan fingerprint density at radius 2 is 2.25 bits per heavy atom. The molecule has 0 saturated heterocycles. The molecule has 1 aromatic heterocycles. The molecule has 1 aliphatic carbocycles. The van der Waals surface area contributed by atoms with E-state index in [1.807, 2.05) is 0 Å². The van der Waals surface area contributed by atoms with Crippen LogP contribution in [0.1, 0.15) is 38.1 Å². The second-order valence-corrected chi connectivity index (χ2v) is 6.90. The number of benzene rings is 1. The summed E-state index contributed by atoms with van der Waals surface area (Å²) in [6.45, 7) is 2.28. The molecular weight excluding hydrogens is 343 g/mol. The van der Waals surface area contributed by atoms with Crippen LogP contribution in [-0.2, 0) is 6.42 Å². The summed E-state index contributed by atoms with van der Waals surface area (Å²) in [4.78, 5) is 4.66. The number of aromatic nitrogens is 2. The van der Waals surface area contributed by atoms with E-state index in [-0.39, 0.29) is 5.82 Å². The molecule has 0 aliphatic heterocycles. The molecule has 0 spiro atoms. The van der Waals surface area contributed by atoms with Gasteiger partial charge in [0.2, 0.25) is 0 Å². The van der Waals surface area contributed by atoms with E-state index in [0.29, 0.717) is 16.4 Å². The fraction of sp³-hybridized carbons (Fsp3) is 0.533. The molecule has 2 unspecified atom stereocenters. The standard InChI is InChI=1S/C15H17BrClFN2/c1-9-2-3-10(6-9)20-14-8-12(18)11(16)7-13(14)19-15(20)4-5-17/h7-10H,2-6H2,1H3. The van der Waals surface area contributed by atoms with Gasteiger partial charge in [0.05, 0.1) is 15.5 Å². The predicted octanol–water partition coefficient (Wildman–Crippen LogP) is 5.08. The number of nitrogens with zero attached hydrogens (tertiary/aromatic N) is 2. The zero-order valence-corrected chi connectivity index (χ0v) is 13.7. The first-order valence-corrected chi connectivity index (χ1v) is 8.34. The molecule has 3 rings (SSSR count). The highest BCUT2D eigenvalue weighted by molar-refractivity contribution is 9.10. The quantitative estimate of drug-likeness (QED) is 0.699. The summed E-state index contributed by atoms with van der Waals surface area (Å²) in [5.74, 6) is 2.00. The summed E-state index contributed by atoms with van der Waals surface area (Å²) in [7, 11) is 0. The Bertz CT molecular complexity index is 640. The van der Waals surface area contributed by atoms with Gasteiger partial charge in [0.25, 0.3) is 0 Å². The fourth-order valence-corrected chi connectivity index (χ4v) is 3.72. The molecule has 20 heavy (non-hydrogen) atoms. The van der Waals surface area contributed by atoms with E-state index in [4.69, 9.17) is 11.6 Å². The van der Waals surface area contributed by atoms with Crippen molar-refractivity contribution >= 4 is 38.6 Å². The molecule has 0 N–H and O–H groups in total. The van der Waals surface area contributed by atoms with Crippen LogP contribution in [-0.4, -0.2) is 15.4 Å². The van der Waals surface area contributed by atoms with Crippen LogP contribution < -0.4 is 0 Å². The van der Waals surface area contributed by atoms with Gasteiger partial charge in [-0.1, -0.05) is 6.92 Å². The zero-order valence-electron chi connectivity index (χ0n) is 11.4. The van der Waals surface area contributed by atoms with Crippen LogP contribution in [0.4, 0.5) is 4.39 Å². The van der Waals surface area contributed by atoms with Gasteiger partial charge in [-0.15, -0.1) is 11.6 Å². The number of alkyl halides is 1. The highest BCUT2D eigenvalue weighted by Crippen LogP contribution is 2.38. The highest BCUT2D eigenvalue weighted by atomic mass is 79.9. The summed E-state index contributed by atoms with van der Waals surface area (Å²) in [5.41, 5.74) is 1.74. The first-order valence-electron chi connectivity index (χ1n) is 7.02. The molecule has 1 heterocycles. The van der Waals surface area contributed by atoms with Crippen molar-refractivity contribution in [2.75, 3.05) is 5.88 Å². The van der Waals surface area contributed by atoms with E-state index in [9.17, 15) is 4.39 Å². The van der Waals surface area contributed by atoms with Crippen molar-refractivity contribution in [3.8, 4) is 0 Å². The second-order valence-electron chi connectivity index (χ2n) is 5.66. The Morgan fingerprint density at radius 1 is 1.45 bits per heavy atom. The maximum Gasteiger partial charge on any atom is 0.139 e. The minimum absolute atomic E-state index is 0.234. The van der Waals surface area contributed by atoms with Gasteiger partial charge in [0.15, 0.2) is 0 Å². The lowest BCUT2D eigenvalue weighted by atomic mass is 10.1. The summed E-state index contributed by atoms with van der Waals surface area (Å²) in [5, 5.41) is 0. The third-order valence-corrected chi connectivity index (χ3v) is 4.95.